The molecule has 0 spiro atoms. The number of nitrogens with two attached hydrogens (primary N) is 1. The third kappa shape index (κ3) is 3.27. The number of carbonyl (C=O) groups is 5. The van der Waals surface area contributed by atoms with Gasteiger partial charge in [-0.05, 0) is 5.92 Å². The van der Waals surface area contributed by atoms with E-state index in [1.807, 2.05) is 0 Å². The molecule has 0 aromatic heterocycles. The lowest BCUT2D eigenvalue weighted by molar-refractivity contribution is -0.144. The maximum Gasteiger partial charge on any atom is 0.334 e. The highest BCUT2D eigenvalue weighted by atomic mass is 16.2. The number of imide groups is 3. The van der Waals surface area contributed by atoms with Gasteiger partial charge in [-0.15, -0.1) is 0 Å². The lowest BCUT2D eigenvalue weighted by atomic mass is 10.2. The Balaban J connectivity index is 2.78. The molecule has 19 heavy (non-hydrogen) atoms. The van der Waals surface area contributed by atoms with Gasteiger partial charge in [-0.1, -0.05) is 13.8 Å². The van der Waals surface area contributed by atoms with Crippen LogP contribution in [0.3, 0.4) is 0 Å². The Labute approximate surface area is 108 Å². The Morgan fingerprint density at radius 1 is 1.16 bits per heavy atom. The topological polar surface area (TPSA) is 130 Å². The molecule has 1 heterocycles. The monoisotopic (exact) mass is 270 g/mol. The minimum atomic E-state index is -1.10. The van der Waals surface area contributed by atoms with Gasteiger partial charge in [0.05, 0.1) is 0 Å². The summed E-state index contributed by atoms with van der Waals surface area (Å²) in [4.78, 5) is 57.8. The van der Waals surface area contributed by atoms with E-state index in [9.17, 15) is 24.0 Å². The van der Waals surface area contributed by atoms with E-state index in [4.69, 9.17) is 5.73 Å². The number of carbonyl (C=O) groups excluding carboxylic acids is 5. The van der Waals surface area contributed by atoms with E-state index in [0.717, 1.165) is 4.90 Å². The molecular formula is C10H14N4O5. The first kappa shape index (κ1) is 14.6. The fourth-order valence-electron chi connectivity index (χ4n) is 1.54. The van der Waals surface area contributed by atoms with Crippen LogP contribution in [0.1, 0.15) is 13.8 Å². The quantitative estimate of drug-likeness (QED) is 0.480. The number of nitrogens with zero attached hydrogens (tertiary/aromatic N) is 2. The van der Waals surface area contributed by atoms with Crippen molar-refractivity contribution >= 4 is 29.8 Å². The molecule has 0 bridgehead atoms. The summed E-state index contributed by atoms with van der Waals surface area (Å²) in [5.74, 6) is -3.02. The van der Waals surface area contributed by atoms with Gasteiger partial charge in [-0.3, -0.25) is 24.6 Å². The van der Waals surface area contributed by atoms with Crippen LogP contribution in [0.25, 0.3) is 0 Å². The first-order valence-electron chi connectivity index (χ1n) is 5.50. The molecular weight excluding hydrogens is 256 g/mol. The third-order valence-corrected chi connectivity index (χ3v) is 2.25. The van der Waals surface area contributed by atoms with Crippen molar-refractivity contribution in [2.45, 2.75) is 13.8 Å². The predicted molar refractivity (Wildman–Crippen MR) is 61.4 cm³/mol. The van der Waals surface area contributed by atoms with Gasteiger partial charge in [0.15, 0.2) is 0 Å². The van der Waals surface area contributed by atoms with Crippen LogP contribution in [0.2, 0.25) is 0 Å². The van der Waals surface area contributed by atoms with Crippen LogP contribution in [0.5, 0.6) is 0 Å². The zero-order valence-electron chi connectivity index (χ0n) is 10.5. The van der Waals surface area contributed by atoms with E-state index >= 15 is 0 Å². The molecule has 0 aromatic rings. The molecule has 0 saturated carbocycles. The normalized spacial score (nSPS) is 15.4. The summed E-state index contributed by atoms with van der Waals surface area (Å²) < 4.78 is 0. The van der Waals surface area contributed by atoms with Crippen LogP contribution < -0.4 is 11.1 Å². The third-order valence-electron chi connectivity index (χ3n) is 2.25. The lowest BCUT2D eigenvalue weighted by Gasteiger charge is -2.16. The van der Waals surface area contributed by atoms with Crippen molar-refractivity contribution < 1.29 is 24.0 Å². The van der Waals surface area contributed by atoms with Crippen LogP contribution in [0.4, 0.5) is 9.59 Å². The zero-order chi connectivity index (χ0) is 14.7. The van der Waals surface area contributed by atoms with Gasteiger partial charge < -0.3 is 5.73 Å². The van der Waals surface area contributed by atoms with Gasteiger partial charge >= 0.3 is 23.9 Å². The number of nitrogens with one attached hydrogen (secondary N) is 1. The minimum absolute atomic E-state index is 0.0138. The van der Waals surface area contributed by atoms with E-state index in [1.165, 1.54) is 0 Å². The highest BCUT2D eigenvalue weighted by Gasteiger charge is 2.45. The molecule has 0 aliphatic carbocycles. The first-order valence-corrected chi connectivity index (χ1v) is 5.50. The average molecular weight is 270 g/mol. The van der Waals surface area contributed by atoms with Crippen LogP contribution in [-0.4, -0.2) is 52.7 Å². The summed E-state index contributed by atoms with van der Waals surface area (Å²) in [5, 5.41) is 1.71. The second-order valence-electron chi connectivity index (χ2n) is 4.40. The maximum absolute atomic E-state index is 11.8. The summed E-state index contributed by atoms with van der Waals surface area (Å²) in [5.41, 5.74) is 4.72. The molecule has 7 amide bonds. The van der Waals surface area contributed by atoms with Crippen molar-refractivity contribution in [2.75, 3.05) is 13.1 Å². The predicted octanol–water partition coefficient (Wildman–Crippen LogP) is -1.37. The number of primary amides is 1. The van der Waals surface area contributed by atoms with E-state index < -0.39 is 36.3 Å². The van der Waals surface area contributed by atoms with Crippen molar-refractivity contribution in [3.8, 4) is 0 Å². The van der Waals surface area contributed by atoms with Crippen molar-refractivity contribution in [2.24, 2.45) is 11.7 Å². The number of rotatable bonds is 4. The van der Waals surface area contributed by atoms with Gasteiger partial charge in [0, 0.05) is 6.54 Å². The first-order chi connectivity index (χ1) is 8.73. The average Bonchev–Trinajstić information content (AvgIpc) is 2.45. The molecule has 9 nitrogen and oxygen atoms in total. The maximum atomic E-state index is 11.8. The fourth-order valence-corrected chi connectivity index (χ4v) is 1.54. The zero-order valence-corrected chi connectivity index (χ0v) is 10.5. The van der Waals surface area contributed by atoms with Crippen LogP contribution in [-0.2, 0) is 14.4 Å². The Kier molecular flexibility index (Phi) is 4.20. The fraction of sp³-hybridized carbons (Fsp3) is 0.500. The highest BCUT2D eigenvalue weighted by molar-refractivity contribution is 6.45. The number of urea groups is 2. The van der Waals surface area contributed by atoms with Crippen LogP contribution >= 0.6 is 0 Å². The van der Waals surface area contributed by atoms with E-state index in [-0.39, 0.29) is 12.5 Å². The second kappa shape index (κ2) is 5.46. The highest BCUT2D eigenvalue weighted by Crippen LogP contribution is 2.13. The van der Waals surface area contributed by atoms with Crippen molar-refractivity contribution in [1.29, 1.82) is 0 Å². The van der Waals surface area contributed by atoms with Crippen LogP contribution in [0.15, 0.2) is 0 Å². The molecule has 3 N–H and O–H groups in total. The summed E-state index contributed by atoms with van der Waals surface area (Å²) >= 11 is 0. The number of amides is 7. The van der Waals surface area contributed by atoms with Crippen molar-refractivity contribution in [3.05, 3.63) is 0 Å². The molecule has 1 aliphatic rings. The van der Waals surface area contributed by atoms with Crippen molar-refractivity contribution in [1.82, 2.24) is 15.1 Å². The van der Waals surface area contributed by atoms with Gasteiger partial charge in [0.1, 0.15) is 6.54 Å². The second-order valence-corrected chi connectivity index (χ2v) is 4.40. The Hall–Kier alpha value is -2.45. The minimum Gasteiger partial charge on any atom is -0.351 e. The van der Waals surface area contributed by atoms with Gasteiger partial charge in [-0.2, -0.15) is 0 Å². The molecule has 9 heteroatoms. The molecule has 1 aliphatic heterocycles. The van der Waals surface area contributed by atoms with E-state index in [1.54, 1.807) is 19.2 Å². The molecule has 1 fully saturated rings. The Morgan fingerprint density at radius 2 is 1.68 bits per heavy atom. The summed E-state index contributed by atoms with van der Waals surface area (Å²) in [6.45, 7) is 2.90. The molecule has 1 saturated heterocycles. The molecule has 0 radical (unpaired) electrons. The molecule has 104 valence electrons. The smallest absolute Gasteiger partial charge is 0.334 e. The molecule has 0 atom stereocenters. The summed E-state index contributed by atoms with van der Waals surface area (Å²) in [6, 6.07) is -1.97. The van der Waals surface area contributed by atoms with Gasteiger partial charge in [0.25, 0.3) is 0 Å². The molecule has 0 aromatic carbocycles. The SMILES string of the molecule is CC(C)CN1C(=O)C(=O)N(CC(=O)NC(N)=O)C1=O. The lowest BCUT2D eigenvalue weighted by Crippen LogP contribution is -2.45. The Bertz CT molecular complexity index is 459. The van der Waals surface area contributed by atoms with Gasteiger partial charge in [-0.25, -0.2) is 14.5 Å². The summed E-state index contributed by atoms with van der Waals surface area (Å²) in [6.07, 6.45) is 0. The number of hydrogen-bond donors (Lipinski definition) is 2. The molecule has 0 unspecified atom stereocenters. The van der Waals surface area contributed by atoms with Crippen molar-refractivity contribution in [3.63, 3.8) is 0 Å². The van der Waals surface area contributed by atoms with E-state index in [0.29, 0.717) is 4.90 Å². The van der Waals surface area contributed by atoms with Gasteiger partial charge in [0.2, 0.25) is 5.91 Å². The summed E-state index contributed by atoms with van der Waals surface area (Å²) in [7, 11) is 0. The number of hydrogen-bond acceptors (Lipinski definition) is 5. The largest absolute Gasteiger partial charge is 0.351 e. The molecule has 1 rings (SSSR count). The Morgan fingerprint density at radius 3 is 2.16 bits per heavy atom. The van der Waals surface area contributed by atoms with Crippen LogP contribution in [0, 0.1) is 5.92 Å². The van der Waals surface area contributed by atoms with E-state index in [2.05, 4.69) is 0 Å². The standard InChI is InChI=1S/C10H14N4O5/c1-5(2)3-13-7(16)8(17)14(10(13)19)4-6(15)12-9(11)18/h5H,3-4H2,1-2H3,(H3,11,12,15,18).